The second-order valence-electron chi connectivity index (χ2n) is 6.06. The molecule has 3 heteroatoms. The molecule has 3 aliphatic rings. The van der Waals surface area contributed by atoms with E-state index in [2.05, 4.69) is 11.8 Å². The molecule has 2 saturated heterocycles. The van der Waals surface area contributed by atoms with E-state index in [9.17, 15) is 9.90 Å². The Bertz CT molecular complexity index is 317. The molecule has 96 valence electrons. The molecular weight excluding hydrogens is 214 g/mol. The number of aliphatic hydroxyl groups excluding tert-OH is 1. The number of rotatable bonds is 1. The SMILES string of the molecule is CC[C@@H]1[C@H]2CCCC(=O)N3CC[C@H](C[C@H]1O)[C@@H]23. The van der Waals surface area contributed by atoms with Gasteiger partial charge in [-0.05, 0) is 43.4 Å². The van der Waals surface area contributed by atoms with Crippen LogP contribution >= 0.6 is 0 Å². The summed E-state index contributed by atoms with van der Waals surface area (Å²) in [5.74, 6) is 1.91. The highest BCUT2D eigenvalue weighted by atomic mass is 16.3. The summed E-state index contributed by atoms with van der Waals surface area (Å²) in [6, 6.07) is 0.457. The second-order valence-corrected chi connectivity index (χ2v) is 6.06. The Hall–Kier alpha value is -0.570. The predicted octanol–water partition coefficient (Wildman–Crippen LogP) is 1.79. The Kier molecular flexibility index (Phi) is 2.89. The van der Waals surface area contributed by atoms with E-state index in [1.165, 1.54) is 0 Å². The smallest absolute Gasteiger partial charge is 0.222 e. The first-order valence-electron chi connectivity index (χ1n) is 7.20. The molecule has 0 aromatic rings. The van der Waals surface area contributed by atoms with Crippen LogP contribution < -0.4 is 0 Å². The van der Waals surface area contributed by atoms with Crippen molar-refractivity contribution in [2.24, 2.45) is 17.8 Å². The van der Waals surface area contributed by atoms with Crippen LogP contribution in [0.2, 0.25) is 0 Å². The topological polar surface area (TPSA) is 40.5 Å². The van der Waals surface area contributed by atoms with Crippen molar-refractivity contribution in [2.75, 3.05) is 6.54 Å². The van der Waals surface area contributed by atoms with E-state index in [-0.39, 0.29) is 6.10 Å². The second kappa shape index (κ2) is 4.27. The van der Waals surface area contributed by atoms with Crippen LogP contribution in [0, 0.1) is 17.8 Å². The molecule has 3 rings (SSSR count). The molecule has 1 amide bonds. The first-order chi connectivity index (χ1) is 8.22. The van der Waals surface area contributed by atoms with E-state index in [0.717, 1.165) is 45.1 Å². The summed E-state index contributed by atoms with van der Waals surface area (Å²) in [6.07, 6.45) is 5.85. The summed E-state index contributed by atoms with van der Waals surface area (Å²) >= 11 is 0. The number of hydrogen-bond acceptors (Lipinski definition) is 2. The van der Waals surface area contributed by atoms with Gasteiger partial charge in [0.05, 0.1) is 6.10 Å². The van der Waals surface area contributed by atoms with Gasteiger partial charge in [0.15, 0.2) is 0 Å². The summed E-state index contributed by atoms with van der Waals surface area (Å²) in [7, 11) is 0. The van der Waals surface area contributed by atoms with Crippen molar-refractivity contribution in [3.8, 4) is 0 Å². The molecule has 0 bridgehead atoms. The van der Waals surface area contributed by atoms with Gasteiger partial charge < -0.3 is 10.0 Å². The molecule has 3 fully saturated rings. The normalized spacial score (nSPS) is 45.6. The third-order valence-corrected chi connectivity index (χ3v) is 5.33. The van der Waals surface area contributed by atoms with Crippen molar-refractivity contribution in [2.45, 2.75) is 57.6 Å². The molecule has 0 spiro atoms. The minimum absolute atomic E-state index is 0.126. The zero-order valence-corrected chi connectivity index (χ0v) is 10.6. The largest absolute Gasteiger partial charge is 0.393 e. The molecule has 1 saturated carbocycles. The minimum atomic E-state index is -0.126. The summed E-state index contributed by atoms with van der Waals surface area (Å²) in [4.78, 5) is 14.2. The molecule has 1 aliphatic carbocycles. The molecule has 2 aliphatic heterocycles. The van der Waals surface area contributed by atoms with Gasteiger partial charge in [-0.25, -0.2) is 0 Å². The van der Waals surface area contributed by atoms with E-state index in [1.807, 2.05) is 0 Å². The number of carbonyl (C=O) groups excluding carboxylic acids is 1. The third kappa shape index (κ3) is 1.70. The maximum absolute atomic E-state index is 12.1. The lowest BCUT2D eigenvalue weighted by Gasteiger charge is -2.44. The highest BCUT2D eigenvalue weighted by molar-refractivity contribution is 5.77. The molecule has 2 heterocycles. The average molecular weight is 237 g/mol. The summed E-state index contributed by atoms with van der Waals surface area (Å²) in [5, 5.41) is 10.3. The van der Waals surface area contributed by atoms with Gasteiger partial charge in [-0.1, -0.05) is 13.3 Å². The highest BCUT2D eigenvalue weighted by Crippen LogP contribution is 2.47. The van der Waals surface area contributed by atoms with Gasteiger partial charge in [-0.15, -0.1) is 0 Å². The quantitative estimate of drug-likeness (QED) is 0.755. The number of aliphatic hydroxyl groups is 1. The monoisotopic (exact) mass is 237 g/mol. The van der Waals surface area contributed by atoms with Crippen molar-refractivity contribution < 1.29 is 9.90 Å². The standard InChI is InChI=1S/C14H23NO2/c1-2-10-11-4-3-5-13(17)15-7-6-9(14(11)15)8-12(10)16/h9-12,14,16H,2-8H2,1H3/t9-,10-,11-,12-,14+/m1/s1. The maximum atomic E-state index is 12.1. The Labute approximate surface area is 103 Å². The fraction of sp³-hybridized carbons (Fsp3) is 0.929. The van der Waals surface area contributed by atoms with Crippen molar-refractivity contribution in [3.63, 3.8) is 0 Å². The van der Waals surface area contributed by atoms with E-state index in [1.54, 1.807) is 0 Å². The van der Waals surface area contributed by atoms with Gasteiger partial charge in [0, 0.05) is 19.0 Å². The highest BCUT2D eigenvalue weighted by Gasteiger charge is 2.50. The van der Waals surface area contributed by atoms with E-state index in [4.69, 9.17) is 0 Å². The van der Waals surface area contributed by atoms with Crippen LogP contribution in [0.1, 0.15) is 45.4 Å². The van der Waals surface area contributed by atoms with Crippen molar-refractivity contribution >= 4 is 5.91 Å². The number of hydrogen-bond donors (Lipinski definition) is 1. The van der Waals surface area contributed by atoms with Gasteiger partial charge in [-0.3, -0.25) is 4.79 Å². The molecular formula is C14H23NO2. The molecule has 0 aromatic heterocycles. The Balaban J connectivity index is 1.92. The van der Waals surface area contributed by atoms with Crippen molar-refractivity contribution in [1.29, 1.82) is 0 Å². The lowest BCUT2D eigenvalue weighted by Crippen LogP contribution is -2.50. The van der Waals surface area contributed by atoms with Crippen LogP contribution in [0.25, 0.3) is 0 Å². The van der Waals surface area contributed by atoms with Gasteiger partial charge >= 0.3 is 0 Å². The fourth-order valence-electron chi connectivity index (χ4n) is 4.62. The van der Waals surface area contributed by atoms with E-state index >= 15 is 0 Å². The third-order valence-electron chi connectivity index (χ3n) is 5.33. The molecule has 0 radical (unpaired) electrons. The van der Waals surface area contributed by atoms with Crippen LogP contribution in [0.3, 0.4) is 0 Å². The molecule has 1 N–H and O–H groups in total. The number of carbonyl (C=O) groups is 1. The molecule has 0 aromatic carbocycles. The molecule has 17 heavy (non-hydrogen) atoms. The van der Waals surface area contributed by atoms with Gasteiger partial charge in [-0.2, -0.15) is 0 Å². The summed E-state index contributed by atoms with van der Waals surface area (Å²) in [5.41, 5.74) is 0. The van der Waals surface area contributed by atoms with Crippen LogP contribution in [0.15, 0.2) is 0 Å². The Morgan fingerprint density at radius 2 is 2.24 bits per heavy atom. The van der Waals surface area contributed by atoms with Gasteiger partial charge in [0.1, 0.15) is 0 Å². The molecule has 0 unspecified atom stereocenters. The van der Waals surface area contributed by atoms with Crippen LogP contribution in [-0.2, 0) is 4.79 Å². The Morgan fingerprint density at radius 1 is 1.41 bits per heavy atom. The lowest BCUT2D eigenvalue weighted by atomic mass is 9.67. The summed E-state index contributed by atoms with van der Waals surface area (Å²) < 4.78 is 0. The first-order valence-corrected chi connectivity index (χ1v) is 7.20. The van der Waals surface area contributed by atoms with Crippen LogP contribution in [0.4, 0.5) is 0 Å². The predicted molar refractivity (Wildman–Crippen MR) is 65.4 cm³/mol. The average Bonchev–Trinajstić information content (AvgIpc) is 2.64. The van der Waals surface area contributed by atoms with Gasteiger partial charge in [0.25, 0.3) is 0 Å². The van der Waals surface area contributed by atoms with Crippen LogP contribution in [-0.4, -0.2) is 34.6 Å². The lowest BCUT2D eigenvalue weighted by molar-refractivity contribution is -0.134. The molecule has 3 nitrogen and oxygen atoms in total. The van der Waals surface area contributed by atoms with E-state index < -0.39 is 0 Å². The number of amides is 1. The Morgan fingerprint density at radius 3 is 3.00 bits per heavy atom. The number of nitrogens with zero attached hydrogens (tertiary/aromatic N) is 1. The van der Waals surface area contributed by atoms with Gasteiger partial charge in [0.2, 0.25) is 5.91 Å². The molecule has 5 atom stereocenters. The summed E-state index contributed by atoms with van der Waals surface area (Å²) in [6.45, 7) is 3.12. The maximum Gasteiger partial charge on any atom is 0.222 e. The zero-order chi connectivity index (χ0) is 12.0. The van der Waals surface area contributed by atoms with Crippen molar-refractivity contribution in [1.82, 2.24) is 4.90 Å². The fourth-order valence-corrected chi connectivity index (χ4v) is 4.62. The minimum Gasteiger partial charge on any atom is -0.393 e. The van der Waals surface area contributed by atoms with Crippen LogP contribution in [0.5, 0.6) is 0 Å². The zero-order valence-electron chi connectivity index (χ0n) is 10.6. The first kappa shape index (κ1) is 11.5. The van der Waals surface area contributed by atoms with E-state index in [0.29, 0.717) is 29.7 Å². The van der Waals surface area contributed by atoms with Crippen molar-refractivity contribution in [3.05, 3.63) is 0 Å².